The Bertz CT molecular complexity index is 724. The molecule has 1 aromatic rings. The summed E-state index contributed by atoms with van der Waals surface area (Å²) in [5, 5.41) is 0. The molecule has 0 spiro atoms. The number of likely N-dealkylation sites (N-methyl/N-ethyl adjacent to an activating group) is 1. The van der Waals surface area contributed by atoms with E-state index in [9.17, 15) is 13.2 Å². The van der Waals surface area contributed by atoms with Crippen molar-refractivity contribution in [1.29, 1.82) is 0 Å². The van der Waals surface area contributed by atoms with Crippen molar-refractivity contribution in [1.82, 2.24) is 0 Å². The van der Waals surface area contributed by atoms with Crippen LogP contribution in [0.2, 0.25) is 0 Å². The predicted octanol–water partition coefficient (Wildman–Crippen LogP) is 3.41. The summed E-state index contributed by atoms with van der Waals surface area (Å²) in [6.07, 6.45) is -0.890. The number of para-hydroxylation sites is 1. The number of benzene rings is 1. The van der Waals surface area contributed by atoms with Crippen LogP contribution in [-0.2, 0) is 14.9 Å². The second kappa shape index (κ2) is 9.03. The summed E-state index contributed by atoms with van der Waals surface area (Å²) >= 11 is 0. The van der Waals surface area contributed by atoms with E-state index in [1.807, 2.05) is 45.9 Å². The van der Waals surface area contributed by atoms with Gasteiger partial charge in [0.15, 0.2) is 0 Å². The second-order valence-electron chi connectivity index (χ2n) is 8.26. The Kier molecular flexibility index (Phi) is 7.83. The third-order valence-electron chi connectivity index (χ3n) is 4.40. The fourth-order valence-electron chi connectivity index (χ4n) is 2.62. The summed E-state index contributed by atoms with van der Waals surface area (Å²) in [6, 6.07) is 5.12. The van der Waals surface area contributed by atoms with E-state index < -0.39 is 28.1 Å². The molecule has 1 unspecified atom stereocenters. The van der Waals surface area contributed by atoms with Crippen LogP contribution in [0.5, 0.6) is 5.75 Å². The van der Waals surface area contributed by atoms with E-state index in [0.29, 0.717) is 5.75 Å². The zero-order valence-electron chi connectivity index (χ0n) is 17.2. The van der Waals surface area contributed by atoms with E-state index >= 15 is 0 Å². The average molecular weight is 403 g/mol. The highest BCUT2D eigenvalue weighted by molar-refractivity contribution is 7.85. The topological polar surface area (TPSA) is 89.9 Å². The third-order valence-corrected chi connectivity index (χ3v) is 5.20. The summed E-state index contributed by atoms with van der Waals surface area (Å²) in [6.45, 7) is 7.85. The largest absolute Gasteiger partial charge is 0.514 e. The number of hydrogen-bond donors (Lipinski definition) is 1. The van der Waals surface area contributed by atoms with Crippen molar-refractivity contribution in [2.45, 2.75) is 45.6 Å². The van der Waals surface area contributed by atoms with Gasteiger partial charge in [0.25, 0.3) is 10.1 Å². The van der Waals surface area contributed by atoms with Gasteiger partial charge in [-0.05, 0) is 23.0 Å². The quantitative estimate of drug-likeness (QED) is 0.310. The van der Waals surface area contributed by atoms with Crippen LogP contribution in [0.25, 0.3) is 0 Å². The van der Waals surface area contributed by atoms with Gasteiger partial charge < -0.3 is 14.0 Å². The number of ether oxygens (including phenoxy) is 2. The molecule has 0 fully saturated rings. The first-order valence-electron chi connectivity index (χ1n) is 8.96. The van der Waals surface area contributed by atoms with Gasteiger partial charge in [-0.3, -0.25) is 4.55 Å². The van der Waals surface area contributed by atoms with E-state index in [1.165, 1.54) is 0 Å². The molecule has 27 heavy (non-hydrogen) atoms. The van der Waals surface area contributed by atoms with Crippen LogP contribution >= 0.6 is 0 Å². The van der Waals surface area contributed by atoms with Gasteiger partial charge in [-0.25, -0.2) is 4.79 Å². The zero-order chi connectivity index (χ0) is 21.0. The minimum absolute atomic E-state index is 0.157. The standard InChI is InChI=1S/C19H31NO6S/c1-13(2)16-9-8-10-17(14(3)4)18(16)26-19(21)25-11-15(20(5,6)7)12-27(22,23)24/h8-10,13-15H,11-12H2,1-7H3/p+1. The lowest BCUT2D eigenvalue weighted by atomic mass is 9.94. The van der Waals surface area contributed by atoms with Crippen molar-refractivity contribution in [2.24, 2.45) is 0 Å². The molecule has 0 heterocycles. The first-order valence-corrected chi connectivity index (χ1v) is 10.6. The lowest BCUT2D eigenvalue weighted by molar-refractivity contribution is -0.893. The molecular formula is C19H32NO6S+. The molecule has 0 aromatic heterocycles. The average Bonchev–Trinajstić information content (AvgIpc) is 2.48. The van der Waals surface area contributed by atoms with E-state index in [1.54, 1.807) is 21.1 Å². The van der Waals surface area contributed by atoms with Crippen molar-refractivity contribution < 1.29 is 31.7 Å². The molecule has 0 aliphatic carbocycles. The Hall–Kier alpha value is -1.64. The molecule has 0 aliphatic heterocycles. The summed E-state index contributed by atoms with van der Waals surface area (Å²) in [5.41, 5.74) is 1.80. The molecular weight excluding hydrogens is 370 g/mol. The predicted molar refractivity (Wildman–Crippen MR) is 105 cm³/mol. The molecule has 8 heteroatoms. The van der Waals surface area contributed by atoms with Crippen LogP contribution in [0, 0.1) is 0 Å². The Morgan fingerprint density at radius 3 is 1.93 bits per heavy atom. The molecule has 0 saturated heterocycles. The Morgan fingerprint density at radius 2 is 1.56 bits per heavy atom. The van der Waals surface area contributed by atoms with Gasteiger partial charge in [-0.2, -0.15) is 8.42 Å². The van der Waals surface area contributed by atoms with Gasteiger partial charge in [0, 0.05) is 0 Å². The van der Waals surface area contributed by atoms with Crippen molar-refractivity contribution in [3.8, 4) is 5.75 Å². The number of hydrogen-bond acceptors (Lipinski definition) is 5. The molecule has 1 N–H and O–H groups in total. The SMILES string of the molecule is CC(C)c1cccc(C(C)C)c1OC(=O)OCC(CS(=O)(=O)O)[N+](C)(C)C. The molecule has 0 aliphatic rings. The van der Waals surface area contributed by atoms with Gasteiger partial charge in [-0.15, -0.1) is 0 Å². The summed E-state index contributed by atoms with van der Waals surface area (Å²) in [4.78, 5) is 12.3. The maximum absolute atomic E-state index is 12.3. The lowest BCUT2D eigenvalue weighted by Gasteiger charge is -2.32. The van der Waals surface area contributed by atoms with E-state index in [2.05, 4.69) is 0 Å². The highest BCUT2D eigenvalue weighted by Crippen LogP contribution is 2.34. The fourth-order valence-corrected chi connectivity index (χ4v) is 3.65. The highest BCUT2D eigenvalue weighted by atomic mass is 32.2. The molecule has 0 saturated carbocycles. The molecule has 1 atom stereocenters. The van der Waals surface area contributed by atoms with Crippen molar-refractivity contribution in [3.63, 3.8) is 0 Å². The van der Waals surface area contributed by atoms with Crippen LogP contribution in [-0.4, -0.2) is 63.2 Å². The molecule has 0 radical (unpaired) electrons. The third kappa shape index (κ3) is 7.48. The van der Waals surface area contributed by atoms with Gasteiger partial charge in [0.05, 0.1) is 21.1 Å². The van der Waals surface area contributed by atoms with Crippen LogP contribution < -0.4 is 4.74 Å². The second-order valence-corrected chi connectivity index (χ2v) is 9.75. The molecule has 154 valence electrons. The lowest BCUT2D eigenvalue weighted by Crippen LogP contribution is -2.51. The maximum atomic E-state index is 12.3. The number of carbonyl (C=O) groups excluding carboxylic acids is 1. The van der Waals surface area contributed by atoms with Gasteiger partial charge in [0.2, 0.25) is 0 Å². The first-order chi connectivity index (χ1) is 12.2. The smallest absolute Gasteiger partial charge is 0.428 e. The fraction of sp³-hybridized carbons (Fsp3) is 0.632. The Morgan fingerprint density at radius 1 is 1.07 bits per heavy atom. The van der Waals surface area contributed by atoms with E-state index in [4.69, 9.17) is 14.0 Å². The van der Waals surface area contributed by atoms with E-state index in [-0.39, 0.29) is 22.9 Å². The molecule has 7 nitrogen and oxygen atoms in total. The van der Waals surface area contributed by atoms with Gasteiger partial charge in [0.1, 0.15) is 24.2 Å². The summed E-state index contributed by atoms with van der Waals surface area (Å²) in [5.74, 6) is 0.294. The maximum Gasteiger partial charge on any atom is 0.514 e. The van der Waals surface area contributed by atoms with Crippen LogP contribution in [0.4, 0.5) is 4.79 Å². The molecule has 1 aromatic carbocycles. The Labute approximate surface area is 162 Å². The zero-order valence-corrected chi connectivity index (χ0v) is 18.0. The highest BCUT2D eigenvalue weighted by Gasteiger charge is 2.31. The minimum atomic E-state index is -4.20. The van der Waals surface area contributed by atoms with E-state index in [0.717, 1.165) is 11.1 Å². The number of carbonyl (C=O) groups is 1. The van der Waals surface area contributed by atoms with Gasteiger partial charge >= 0.3 is 6.16 Å². The van der Waals surface area contributed by atoms with Gasteiger partial charge in [-0.1, -0.05) is 45.9 Å². The van der Waals surface area contributed by atoms with Crippen LogP contribution in [0.3, 0.4) is 0 Å². The number of quaternary nitrogens is 1. The van der Waals surface area contributed by atoms with Crippen molar-refractivity contribution in [3.05, 3.63) is 29.3 Å². The van der Waals surface area contributed by atoms with Crippen LogP contribution in [0.15, 0.2) is 18.2 Å². The molecule has 0 amide bonds. The normalized spacial score (nSPS) is 13.7. The van der Waals surface area contributed by atoms with Crippen LogP contribution in [0.1, 0.15) is 50.7 Å². The number of rotatable bonds is 8. The minimum Gasteiger partial charge on any atom is -0.428 e. The Balaban J connectivity index is 2.97. The van der Waals surface area contributed by atoms with Crippen molar-refractivity contribution in [2.75, 3.05) is 33.5 Å². The summed E-state index contributed by atoms with van der Waals surface area (Å²) in [7, 11) is 1.08. The first kappa shape index (κ1) is 23.4. The molecule has 0 bridgehead atoms. The van der Waals surface area contributed by atoms with Crippen molar-refractivity contribution >= 4 is 16.3 Å². The molecule has 1 rings (SSSR count). The number of nitrogens with zero attached hydrogens (tertiary/aromatic N) is 1. The summed E-state index contributed by atoms with van der Waals surface area (Å²) < 4.78 is 42.5. The monoisotopic (exact) mass is 402 g/mol.